The van der Waals surface area contributed by atoms with E-state index in [1.807, 2.05) is 42.5 Å². The number of hydrogen-bond donors (Lipinski definition) is 1. The molecule has 0 atom stereocenters. The molecule has 3 aromatic rings. The first-order valence-corrected chi connectivity index (χ1v) is 7.49. The van der Waals surface area contributed by atoms with E-state index in [4.69, 9.17) is 5.11 Å². The largest absolute Gasteiger partial charge is 0.481 e. The molecule has 0 unspecified atom stereocenters. The summed E-state index contributed by atoms with van der Waals surface area (Å²) in [6, 6.07) is 17.2. The van der Waals surface area contributed by atoms with Gasteiger partial charge in [-0.25, -0.2) is 4.98 Å². The summed E-state index contributed by atoms with van der Waals surface area (Å²) in [6.45, 7) is 0. The zero-order valence-electron chi connectivity index (χ0n) is 13.1. The summed E-state index contributed by atoms with van der Waals surface area (Å²) in [4.78, 5) is 27.5. The summed E-state index contributed by atoms with van der Waals surface area (Å²) < 4.78 is 1.53. The van der Waals surface area contributed by atoms with Crippen LogP contribution in [0.25, 0.3) is 11.1 Å². The van der Waals surface area contributed by atoms with E-state index in [0.29, 0.717) is 11.3 Å². The van der Waals surface area contributed by atoms with Crippen molar-refractivity contribution in [2.45, 2.75) is 6.42 Å². The highest BCUT2D eigenvalue weighted by atomic mass is 16.4. The Morgan fingerprint density at radius 1 is 1.00 bits per heavy atom. The van der Waals surface area contributed by atoms with Crippen LogP contribution in [-0.4, -0.2) is 26.4 Å². The predicted molar refractivity (Wildman–Crippen MR) is 89.9 cm³/mol. The molecule has 120 valence electrons. The minimum absolute atomic E-state index is 0.163. The Hall–Kier alpha value is -3.21. The Labute approximate surface area is 139 Å². The van der Waals surface area contributed by atoms with Crippen LogP contribution in [0.15, 0.2) is 60.8 Å². The van der Waals surface area contributed by atoms with Gasteiger partial charge in [-0.15, -0.1) is 0 Å². The van der Waals surface area contributed by atoms with Crippen molar-refractivity contribution in [1.82, 2.24) is 9.55 Å². The lowest BCUT2D eigenvalue weighted by Crippen LogP contribution is -2.12. The summed E-state index contributed by atoms with van der Waals surface area (Å²) in [5.74, 6) is -0.948. The number of ketones is 1. The van der Waals surface area contributed by atoms with Gasteiger partial charge in [-0.2, -0.15) is 0 Å². The molecule has 0 aliphatic carbocycles. The smallest absolute Gasteiger partial charge is 0.309 e. The molecule has 0 amide bonds. The third-order valence-electron chi connectivity index (χ3n) is 3.87. The minimum atomic E-state index is -0.954. The first-order valence-electron chi connectivity index (χ1n) is 7.49. The molecule has 0 aliphatic rings. The van der Waals surface area contributed by atoms with Crippen molar-refractivity contribution in [2.24, 2.45) is 7.05 Å². The standard InChI is InChI=1S/C19H16N2O3/c1-21-16(11-17(22)23)12-20-19(21)18(24)15-9-7-14(8-10-15)13-5-3-2-4-6-13/h2-10,12H,11H2,1H3,(H,22,23). The first-order chi connectivity index (χ1) is 11.6. The van der Waals surface area contributed by atoms with Crippen molar-refractivity contribution in [3.05, 3.63) is 77.9 Å². The summed E-state index contributed by atoms with van der Waals surface area (Å²) in [7, 11) is 1.65. The van der Waals surface area contributed by atoms with Crippen LogP contribution in [0.2, 0.25) is 0 Å². The molecule has 2 aromatic carbocycles. The molecule has 0 spiro atoms. The van der Waals surface area contributed by atoms with Crippen LogP contribution >= 0.6 is 0 Å². The maximum Gasteiger partial charge on any atom is 0.309 e. The lowest BCUT2D eigenvalue weighted by Gasteiger charge is -2.06. The van der Waals surface area contributed by atoms with Gasteiger partial charge in [-0.3, -0.25) is 9.59 Å². The number of carbonyl (C=O) groups is 2. The van der Waals surface area contributed by atoms with Crippen LogP contribution in [0.1, 0.15) is 21.9 Å². The topological polar surface area (TPSA) is 72.2 Å². The van der Waals surface area contributed by atoms with Crippen molar-refractivity contribution in [1.29, 1.82) is 0 Å². The van der Waals surface area contributed by atoms with Gasteiger partial charge in [0.25, 0.3) is 0 Å². The Morgan fingerprint density at radius 2 is 1.62 bits per heavy atom. The number of aliphatic carboxylic acids is 1. The van der Waals surface area contributed by atoms with Crippen molar-refractivity contribution in [2.75, 3.05) is 0 Å². The highest BCUT2D eigenvalue weighted by Gasteiger charge is 2.17. The lowest BCUT2D eigenvalue weighted by molar-refractivity contribution is -0.136. The van der Waals surface area contributed by atoms with Crippen LogP contribution in [0.3, 0.4) is 0 Å². The Morgan fingerprint density at radius 3 is 2.25 bits per heavy atom. The zero-order chi connectivity index (χ0) is 17.1. The molecule has 0 radical (unpaired) electrons. The predicted octanol–water partition coefficient (Wildman–Crippen LogP) is 2.95. The summed E-state index contributed by atoms with van der Waals surface area (Å²) in [5.41, 5.74) is 3.12. The quantitative estimate of drug-likeness (QED) is 0.734. The van der Waals surface area contributed by atoms with Crippen LogP contribution < -0.4 is 0 Å². The monoisotopic (exact) mass is 320 g/mol. The maximum absolute atomic E-state index is 12.6. The highest BCUT2D eigenvalue weighted by molar-refractivity contribution is 6.07. The number of nitrogens with zero attached hydrogens (tertiary/aromatic N) is 2. The number of hydrogen-bond acceptors (Lipinski definition) is 3. The van der Waals surface area contributed by atoms with E-state index in [1.54, 1.807) is 19.2 Å². The molecule has 1 N–H and O–H groups in total. The number of aromatic nitrogens is 2. The molecule has 5 heteroatoms. The molecule has 1 heterocycles. The van der Waals surface area contributed by atoms with E-state index in [1.165, 1.54) is 10.8 Å². The number of carboxylic acids is 1. The van der Waals surface area contributed by atoms with Gasteiger partial charge in [0.15, 0.2) is 5.82 Å². The van der Waals surface area contributed by atoms with Crippen LogP contribution in [-0.2, 0) is 18.3 Å². The molecule has 0 saturated carbocycles. The van der Waals surface area contributed by atoms with E-state index in [9.17, 15) is 9.59 Å². The third-order valence-corrected chi connectivity index (χ3v) is 3.87. The van der Waals surface area contributed by atoms with Crippen molar-refractivity contribution in [3.63, 3.8) is 0 Å². The van der Waals surface area contributed by atoms with Gasteiger partial charge in [-0.1, -0.05) is 54.6 Å². The number of benzene rings is 2. The zero-order valence-corrected chi connectivity index (χ0v) is 13.1. The lowest BCUT2D eigenvalue weighted by atomic mass is 10.0. The minimum Gasteiger partial charge on any atom is -0.481 e. The average molecular weight is 320 g/mol. The van der Waals surface area contributed by atoms with E-state index in [-0.39, 0.29) is 18.0 Å². The van der Waals surface area contributed by atoms with Gasteiger partial charge in [-0.05, 0) is 11.1 Å². The van der Waals surface area contributed by atoms with Gasteiger partial charge < -0.3 is 9.67 Å². The van der Waals surface area contributed by atoms with Gasteiger partial charge in [0.05, 0.1) is 6.42 Å². The SMILES string of the molecule is Cn1c(CC(=O)O)cnc1C(=O)c1ccc(-c2ccccc2)cc1. The van der Waals surface area contributed by atoms with E-state index < -0.39 is 5.97 Å². The molecule has 3 rings (SSSR count). The van der Waals surface area contributed by atoms with Gasteiger partial charge in [0.1, 0.15) is 0 Å². The third kappa shape index (κ3) is 3.10. The Kier molecular flexibility index (Phi) is 4.24. The van der Waals surface area contributed by atoms with Gasteiger partial charge >= 0.3 is 5.97 Å². The van der Waals surface area contributed by atoms with E-state index >= 15 is 0 Å². The normalized spacial score (nSPS) is 10.5. The van der Waals surface area contributed by atoms with Crippen molar-refractivity contribution in [3.8, 4) is 11.1 Å². The fraction of sp³-hybridized carbons (Fsp3) is 0.105. The number of carboxylic acid groups (broad SMARTS) is 1. The molecule has 0 aliphatic heterocycles. The van der Waals surface area contributed by atoms with Crippen LogP contribution in [0.4, 0.5) is 0 Å². The highest BCUT2D eigenvalue weighted by Crippen LogP contribution is 2.20. The molecular weight excluding hydrogens is 304 g/mol. The Bertz CT molecular complexity index is 881. The maximum atomic E-state index is 12.6. The summed E-state index contributed by atoms with van der Waals surface area (Å²) in [5, 5.41) is 8.87. The molecular formula is C19H16N2O3. The second kappa shape index (κ2) is 6.50. The van der Waals surface area contributed by atoms with Crippen molar-refractivity contribution >= 4 is 11.8 Å². The summed E-state index contributed by atoms with van der Waals surface area (Å²) in [6.07, 6.45) is 1.27. The molecule has 0 saturated heterocycles. The molecule has 5 nitrogen and oxygen atoms in total. The second-order valence-corrected chi connectivity index (χ2v) is 5.48. The van der Waals surface area contributed by atoms with E-state index in [2.05, 4.69) is 4.98 Å². The Balaban J connectivity index is 1.86. The molecule has 1 aromatic heterocycles. The summed E-state index contributed by atoms with van der Waals surface area (Å²) >= 11 is 0. The van der Waals surface area contributed by atoms with Crippen LogP contribution in [0.5, 0.6) is 0 Å². The van der Waals surface area contributed by atoms with Gasteiger partial charge in [0, 0.05) is 24.5 Å². The number of imidazole rings is 1. The number of carbonyl (C=O) groups excluding carboxylic acids is 1. The van der Waals surface area contributed by atoms with Gasteiger partial charge in [0.2, 0.25) is 5.78 Å². The molecule has 0 fully saturated rings. The molecule has 0 bridgehead atoms. The molecule has 24 heavy (non-hydrogen) atoms. The fourth-order valence-corrected chi connectivity index (χ4v) is 2.55. The van der Waals surface area contributed by atoms with Crippen molar-refractivity contribution < 1.29 is 14.7 Å². The average Bonchev–Trinajstić information content (AvgIpc) is 2.95. The first kappa shape index (κ1) is 15.7. The second-order valence-electron chi connectivity index (χ2n) is 5.48. The fourth-order valence-electron chi connectivity index (χ4n) is 2.55. The number of rotatable bonds is 5. The van der Waals surface area contributed by atoms with Crippen LogP contribution in [0, 0.1) is 0 Å². The van der Waals surface area contributed by atoms with E-state index in [0.717, 1.165) is 11.1 Å².